The van der Waals surface area contributed by atoms with E-state index in [2.05, 4.69) is 91.8 Å². The third-order valence-corrected chi connectivity index (χ3v) is 8.96. The molecule has 0 saturated carbocycles. The number of hydrogen-bond acceptors (Lipinski definition) is 4. The second-order valence-electron chi connectivity index (χ2n) is 12.8. The molecule has 0 aliphatic rings. The standard InChI is InChI=1S/C37H40N8O/c1-37(2,38)36(46)42-33(20-26-23-41-32-16-8-5-13-29(26)32)35-44-43-34(17-9-10-24-21-39-30-14-6-3-11-27(24)30)45(35)19-18-25-22-40-31-15-7-4-12-28(25)31/h3-8,11-16,21-23,33,39-41H,9-10,17-20,38H2,1-2H3,(H,42,46)/t33-/m1/s1. The van der Waals surface area contributed by atoms with Gasteiger partial charge < -0.3 is 30.6 Å². The molecule has 1 amide bonds. The van der Waals surface area contributed by atoms with Crippen LogP contribution in [-0.4, -0.2) is 41.2 Å². The minimum absolute atomic E-state index is 0.232. The molecule has 0 fully saturated rings. The molecule has 6 N–H and O–H groups in total. The Morgan fingerprint density at radius 2 is 1.28 bits per heavy atom. The number of nitrogens with zero attached hydrogens (tertiary/aromatic N) is 3. The maximum atomic E-state index is 13.4. The predicted octanol–water partition coefficient (Wildman–Crippen LogP) is 6.28. The maximum absolute atomic E-state index is 13.4. The maximum Gasteiger partial charge on any atom is 0.240 e. The van der Waals surface area contributed by atoms with Crippen LogP contribution in [0.2, 0.25) is 0 Å². The highest BCUT2D eigenvalue weighted by atomic mass is 16.2. The fourth-order valence-corrected chi connectivity index (χ4v) is 6.45. The van der Waals surface area contributed by atoms with E-state index in [1.807, 2.05) is 24.4 Å². The number of nitrogens with one attached hydrogen (secondary N) is 4. The summed E-state index contributed by atoms with van der Waals surface area (Å²) in [5, 5.41) is 16.4. The van der Waals surface area contributed by atoms with Crippen LogP contribution in [0.25, 0.3) is 32.7 Å². The van der Waals surface area contributed by atoms with Crippen LogP contribution in [0.3, 0.4) is 0 Å². The minimum Gasteiger partial charge on any atom is -0.361 e. The van der Waals surface area contributed by atoms with E-state index in [0.29, 0.717) is 13.0 Å². The molecule has 0 spiro atoms. The number of nitrogens with two attached hydrogens (primary N) is 1. The number of hydrogen-bond donors (Lipinski definition) is 5. The van der Waals surface area contributed by atoms with Gasteiger partial charge >= 0.3 is 0 Å². The summed E-state index contributed by atoms with van der Waals surface area (Å²) in [7, 11) is 0. The number of carbonyl (C=O) groups excluding carboxylic acids is 1. The van der Waals surface area contributed by atoms with E-state index < -0.39 is 11.6 Å². The van der Waals surface area contributed by atoms with Crippen LogP contribution >= 0.6 is 0 Å². The summed E-state index contributed by atoms with van der Waals surface area (Å²) in [6.07, 6.45) is 10.2. The van der Waals surface area contributed by atoms with Crippen molar-refractivity contribution >= 4 is 38.6 Å². The Balaban J connectivity index is 1.22. The first-order valence-corrected chi connectivity index (χ1v) is 16.0. The third kappa shape index (κ3) is 5.93. The van der Waals surface area contributed by atoms with Crippen molar-refractivity contribution in [2.75, 3.05) is 0 Å². The topological polar surface area (TPSA) is 133 Å². The highest BCUT2D eigenvalue weighted by Gasteiger charge is 2.29. The first kappa shape index (κ1) is 29.6. The molecule has 0 unspecified atom stereocenters. The summed E-state index contributed by atoms with van der Waals surface area (Å²) in [4.78, 5) is 23.5. The smallest absolute Gasteiger partial charge is 0.240 e. The number of para-hydroxylation sites is 3. The van der Waals surface area contributed by atoms with Crippen LogP contribution < -0.4 is 11.1 Å². The van der Waals surface area contributed by atoms with Gasteiger partial charge in [0.15, 0.2) is 5.82 Å². The summed E-state index contributed by atoms with van der Waals surface area (Å²) in [6, 6.07) is 24.6. The van der Waals surface area contributed by atoms with Gasteiger partial charge in [0.25, 0.3) is 0 Å². The van der Waals surface area contributed by atoms with Crippen LogP contribution in [0.15, 0.2) is 91.4 Å². The van der Waals surface area contributed by atoms with Gasteiger partial charge in [0, 0.05) is 70.7 Å². The largest absolute Gasteiger partial charge is 0.361 e. The zero-order valence-electron chi connectivity index (χ0n) is 26.3. The monoisotopic (exact) mass is 612 g/mol. The second-order valence-corrected chi connectivity index (χ2v) is 12.8. The number of H-pyrrole nitrogens is 3. The molecule has 46 heavy (non-hydrogen) atoms. The number of rotatable bonds is 12. The normalized spacial score (nSPS) is 12.8. The fourth-order valence-electron chi connectivity index (χ4n) is 6.45. The molecule has 0 aliphatic heterocycles. The molecule has 234 valence electrons. The van der Waals surface area contributed by atoms with E-state index >= 15 is 0 Å². The van der Waals surface area contributed by atoms with Crippen LogP contribution in [-0.2, 0) is 37.0 Å². The summed E-state index contributed by atoms with van der Waals surface area (Å²) in [5.74, 6) is 1.43. The number of amides is 1. The summed E-state index contributed by atoms with van der Waals surface area (Å²) in [6.45, 7) is 4.13. The Morgan fingerprint density at radius 3 is 1.87 bits per heavy atom. The molecule has 1 atom stereocenters. The third-order valence-electron chi connectivity index (χ3n) is 8.96. The minimum atomic E-state index is -1.05. The molecule has 3 aromatic carbocycles. The second kappa shape index (κ2) is 12.3. The zero-order valence-corrected chi connectivity index (χ0v) is 26.3. The Hall–Kier alpha value is -5.15. The molecule has 0 saturated heterocycles. The van der Waals surface area contributed by atoms with Gasteiger partial charge in [0.2, 0.25) is 5.91 Å². The molecular formula is C37H40N8O. The van der Waals surface area contributed by atoms with Crippen molar-refractivity contribution in [1.29, 1.82) is 0 Å². The summed E-state index contributed by atoms with van der Waals surface area (Å²) in [5.41, 5.74) is 12.2. The first-order chi connectivity index (χ1) is 22.3. The summed E-state index contributed by atoms with van der Waals surface area (Å²) < 4.78 is 2.22. The van der Waals surface area contributed by atoms with Crippen LogP contribution in [0, 0.1) is 0 Å². The lowest BCUT2D eigenvalue weighted by atomic mass is 10.0. The number of carbonyl (C=O) groups is 1. The average Bonchev–Trinajstić information content (AvgIpc) is 3.85. The van der Waals surface area contributed by atoms with Gasteiger partial charge in [-0.2, -0.15) is 0 Å². The van der Waals surface area contributed by atoms with Crippen molar-refractivity contribution in [3.8, 4) is 0 Å². The zero-order chi connectivity index (χ0) is 31.7. The molecule has 9 nitrogen and oxygen atoms in total. The Kier molecular flexibility index (Phi) is 7.92. The van der Waals surface area contributed by atoms with E-state index in [9.17, 15) is 4.79 Å². The highest BCUT2D eigenvalue weighted by Crippen LogP contribution is 2.27. The van der Waals surface area contributed by atoms with E-state index in [1.165, 1.54) is 21.9 Å². The number of aromatic nitrogens is 6. The number of aryl methyl sites for hydroxylation is 3. The van der Waals surface area contributed by atoms with Crippen molar-refractivity contribution in [1.82, 2.24) is 35.0 Å². The van der Waals surface area contributed by atoms with Crippen LogP contribution in [0.4, 0.5) is 0 Å². The van der Waals surface area contributed by atoms with Gasteiger partial charge in [-0.1, -0.05) is 54.6 Å². The molecule has 0 radical (unpaired) electrons. The van der Waals surface area contributed by atoms with Crippen molar-refractivity contribution in [2.24, 2.45) is 5.73 Å². The van der Waals surface area contributed by atoms with Gasteiger partial charge in [-0.15, -0.1) is 10.2 Å². The van der Waals surface area contributed by atoms with Crippen molar-refractivity contribution in [3.63, 3.8) is 0 Å². The van der Waals surface area contributed by atoms with E-state index in [4.69, 9.17) is 15.9 Å². The molecule has 4 heterocycles. The molecule has 7 aromatic rings. The molecule has 0 bridgehead atoms. The Labute approximate surface area is 267 Å². The SMILES string of the molecule is CC(C)(N)C(=O)N[C@H](Cc1c[nH]c2ccccc12)c1nnc(CCCc2c[nH]c3ccccc23)n1CCc1c[nH]c2ccccc12. The van der Waals surface area contributed by atoms with E-state index in [1.54, 1.807) is 13.8 Å². The highest BCUT2D eigenvalue weighted by molar-refractivity contribution is 5.86. The molecule has 0 aliphatic carbocycles. The Morgan fingerprint density at radius 1 is 0.761 bits per heavy atom. The van der Waals surface area contributed by atoms with Gasteiger partial charge in [-0.25, -0.2) is 0 Å². The van der Waals surface area contributed by atoms with Gasteiger partial charge in [0.05, 0.1) is 11.6 Å². The number of aromatic amines is 3. The quantitative estimate of drug-likeness (QED) is 0.111. The molecular weight excluding hydrogens is 572 g/mol. The number of fused-ring (bicyclic) bond motifs is 3. The van der Waals surface area contributed by atoms with Crippen molar-refractivity contribution < 1.29 is 4.79 Å². The van der Waals surface area contributed by atoms with Gasteiger partial charge in [0.1, 0.15) is 5.82 Å². The Bertz CT molecular complexity index is 2120. The number of benzene rings is 3. The van der Waals surface area contributed by atoms with E-state index in [-0.39, 0.29) is 5.91 Å². The van der Waals surface area contributed by atoms with Crippen molar-refractivity contribution in [2.45, 2.75) is 64.1 Å². The lowest BCUT2D eigenvalue weighted by molar-refractivity contribution is -0.126. The molecule has 9 heteroatoms. The lowest BCUT2D eigenvalue weighted by Gasteiger charge is -2.24. The molecule has 4 aromatic heterocycles. The van der Waals surface area contributed by atoms with E-state index in [0.717, 1.165) is 64.8 Å². The average molecular weight is 613 g/mol. The van der Waals surface area contributed by atoms with Gasteiger partial charge in [-0.3, -0.25) is 4.79 Å². The molecule has 7 rings (SSSR count). The lowest BCUT2D eigenvalue weighted by Crippen LogP contribution is -2.50. The van der Waals surface area contributed by atoms with Crippen LogP contribution in [0.5, 0.6) is 0 Å². The van der Waals surface area contributed by atoms with Crippen LogP contribution in [0.1, 0.15) is 54.6 Å². The summed E-state index contributed by atoms with van der Waals surface area (Å²) >= 11 is 0. The van der Waals surface area contributed by atoms with Crippen molar-refractivity contribution in [3.05, 3.63) is 120 Å². The van der Waals surface area contributed by atoms with Gasteiger partial charge in [-0.05, 0) is 68.0 Å². The fraction of sp³-hybridized carbons (Fsp3) is 0.270. The predicted molar refractivity (Wildman–Crippen MR) is 184 cm³/mol. The first-order valence-electron chi connectivity index (χ1n) is 16.0.